The van der Waals surface area contributed by atoms with Crippen LogP contribution in [-0.4, -0.2) is 84.5 Å². The summed E-state index contributed by atoms with van der Waals surface area (Å²) < 4.78 is 63.5. The zero-order valence-corrected chi connectivity index (χ0v) is 25.2. The van der Waals surface area contributed by atoms with Gasteiger partial charge in [-0.15, -0.1) is 0 Å². The van der Waals surface area contributed by atoms with Gasteiger partial charge in [-0.3, -0.25) is 9.78 Å². The van der Waals surface area contributed by atoms with Crippen molar-refractivity contribution in [3.8, 4) is 0 Å². The Labute approximate surface area is 266 Å². The molecule has 3 aromatic heterocycles. The van der Waals surface area contributed by atoms with Gasteiger partial charge in [-0.05, 0) is 38.0 Å². The highest BCUT2D eigenvalue weighted by Crippen LogP contribution is 2.39. The number of aromatic nitrogens is 5. The lowest BCUT2D eigenvalue weighted by Crippen LogP contribution is -2.44. The summed E-state index contributed by atoms with van der Waals surface area (Å²) in [5, 5.41) is 22.4. The number of imidazole rings is 1. The average Bonchev–Trinajstić information content (AvgIpc) is 3.47. The first-order valence-corrected chi connectivity index (χ1v) is 13.9. The number of amides is 1. The van der Waals surface area contributed by atoms with Crippen molar-refractivity contribution >= 4 is 63.0 Å². The SMILES string of the molecule is CC(=O)NC1CCN(c2c(C(C)Nc3ncnc4nc[nH]c34)cc(Cl)c3cccnc23)CC1.O=C(O)C(F)(F)F.O=C(O)C(F)(F)F. The summed E-state index contributed by atoms with van der Waals surface area (Å²) in [5.74, 6) is -4.82. The summed E-state index contributed by atoms with van der Waals surface area (Å²) in [4.78, 5) is 52.3. The molecule has 4 heterocycles. The number of aliphatic carboxylic acids is 2. The van der Waals surface area contributed by atoms with Crippen LogP contribution < -0.4 is 15.5 Å². The molecule has 0 aliphatic carbocycles. The highest BCUT2D eigenvalue weighted by atomic mass is 35.5. The maximum Gasteiger partial charge on any atom is 0.490 e. The van der Waals surface area contributed by atoms with Crippen LogP contribution in [0.15, 0.2) is 37.1 Å². The number of carboxylic acid groups (broad SMARTS) is 2. The third-order valence-corrected chi connectivity index (χ3v) is 6.90. The number of hydrogen-bond donors (Lipinski definition) is 5. The van der Waals surface area contributed by atoms with E-state index in [-0.39, 0.29) is 18.0 Å². The molecular formula is C27H27ClF6N8O5. The van der Waals surface area contributed by atoms with Gasteiger partial charge < -0.3 is 30.7 Å². The van der Waals surface area contributed by atoms with E-state index in [4.69, 9.17) is 36.4 Å². The van der Waals surface area contributed by atoms with Gasteiger partial charge in [0, 0.05) is 43.2 Å². The molecule has 0 radical (unpaired) electrons. The number of fused-ring (bicyclic) bond motifs is 2. The van der Waals surface area contributed by atoms with Crippen LogP contribution in [0.1, 0.15) is 38.3 Å². The fraction of sp³-hybridized carbons (Fsp3) is 0.370. The minimum absolute atomic E-state index is 0.0144. The second kappa shape index (κ2) is 15.1. The summed E-state index contributed by atoms with van der Waals surface area (Å²) >= 11 is 6.70. The second-order valence-electron chi connectivity index (χ2n) is 9.95. The minimum Gasteiger partial charge on any atom is -0.475 e. The van der Waals surface area contributed by atoms with Gasteiger partial charge in [0.2, 0.25) is 5.91 Å². The van der Waals surface area contributed by atoms with Gasteiger partial charge in [-0.2, -0.15) is 26.3 Å². The van der Waals surface area contributed by atoms with E-state index in [1.165, 1.54) is 6.33 Å². The van der Waals surface area contributed by atoms with Crippen molar-refractivity contribution in [1.29, 1.82) is 0 Å². The predicted molar refractivity (Wildman–Crippen MR) is 157 cm³/mol. The van der Waals surface area contributed by atoms with E-state index in [1.807, 2.05) is 18.2 Å². The molecule has 4 aromatic rings. The molecular weight excluding hydrogens is 666 g/mol. The van der Waals surface area contributed by atoms with Crippen molar-refractivity contribution in [2.24, 2.45) is 0 Å². The standard InChI is InChI=1S/C23H25ClN8O.2C2HF3O2/c1-13(30-23-20-22(27-11-26-20)28-12-29-23)17-10-18(24)16-4-3-7-25-19(16)21(17)32-8-5-15(6-9-32)31-14(2)33;2*3-2(4,5)1(6)7/h3-4,7,10-13,15H,5-6,8-9H2,1-2H3,(H,31,33)(H2,26,27,28,29,30);2*(H,6,7). The van der Waals surface area contributed by atoms with Gasteiger partial charge in [0.15, 0.2) is 11.5 Å². The van der Waals surface area contributed by atoms with Crippen molar-refractivity contribution in [2.45, 2.75) is 51.1 Å². The number of nitrogens with one attached hydrogen (secondary N) is 3. The molecule has 47 heavy (non-hydrogen) atoms. The number of rotatable bonds is 5. The maximum atomic E-state index is 11.5. The van der Waals surface area contributed by atoms with Crippen LogP contribution in [0.5, 0.6) is 0 Å². The van der Waals surface area contributed by atoms with E-state index in [9.17, 15) is 31.1 Å². The molecule has 1 amide bonds. The molecule has 20 heteroatoms. The van der Waals surface area contributed by atoms with Crippen LogP contribution >= 0.6 is 11.6 Å². The third-order valence-electron chi connectivity index (χ3n) is 6.59. The van der Waals surface area contributed by atoms with Crippen molar-refractivity contribution < 1.29 is 50.9 Å². The van der Waals surface area contributed by atoms with Gasteiger partial charge in [0.25, 0.3) is 0 Å². The Kier molecular flexibility index (Phi) is 11.7. The number of pyridine rings is 1. The van der Waals surface area contributed by atoms with E-state index in [0.29, 0.717) is 16.5 Å². The second-order valence-corrected chi connectivity index (χ2v) is 10.4. The fourth-order valence-electron chi connectivity index (χ4n) is 4.56. The smallest absolute Gasteiger partial charge is 0.475 e. The zero-order chi connectivity index (χ0) is 35.1. The number of anilines is 2. The average molecular weight is 693 g/mol. The number of carboxylic acids is 2. The normalized spacial score (nSPS) is 14.4. The molecule has 1 unspecified atom stereocenters. The maximum absolute atomic E-state index is 11.5. The third kappa shape index (κ3) is 9.77. The first-order chi connectivity index (χ1) is 21.9. The molecule has 1 aromatic carbocycles. The van der Waals surface area contributed by atoms with Crippen molar-refractivity contribution in [3.63, 3.8) is 0 Å². The molecule has 1 aliphatic heterocycles. The Bertz CT molecular complexity index is 1700. The molecule has 0 saturated carbocycles. The number of hydrogen-bond acceptors (Lipinski definition) is 9. The van der Waals surface area contributed by atoms with Crippen LogP contribution in [0.3, 0.4) is 0 Å². The fourth-order valence-corrected chi connectivity index (χ4v) is 4.83. The number of nitrogens with zero attached hydrogens (tertiary/aromatic N) is 5. The number of aromatic amines is 1. The summed E-state index contributed by atoms with van der Waals surface area (Å²) in [6.45, 7) is 5.28. The van der Waals surface area contributed by atoms with Gasteiger partial charge in [0.05, 0.1) is 28.6 Å². The van der Waals surface area contributed by atoms with Gasteiger partial charge in [-0.1, -0.05) is 11.6 Å². The quantitative estimate of drug-likeness (QED) is 0.175. The number of carbonyl (C=O) groups excluding carboxylic acids is 1. The van der Waals surface area contributed by atoms with Gasteiger partial charge in [-0.25, -0.2) is 24.5 Å². The molecule has 1 fully saturated rings. The van der Waals surface area contributed by atoms with Crippen LogP contribution in [0.4, 0.5) is 37.8 Å². The monoisotopic (exact) mass is 692 g/mol. The van der Waals surface area contributed by atoms with Crippen LogP contribution in [0, 0.1) is 0 Å². The summed E-state index contributed by atoms with van der Waals surface area (Å²) in [7, 11) is 0. The molecule has 0 spiro atoms. The topological polar surface area (TPSA) is 186 Å². The largest absolute Gasteiger partial charge is 0.490 e. The lowest BCUT2D eigenvalue weighted by atomic mass is 9.98. The number of benzene rings is 1. The van der Waals surface area contributed by atoms with E-state index >= 15 is 0 Å². The lowest BCUT2D eigenvalue weighted by Gasteiger charge is -2.36. The number of H-pyrrole nitrogens is 1. The Morgan fingerprint density at radius 3 is 2.17 bits per heavy atom. The minimum atomic E-state index is -5.08. The van der Waals surface area contributed by atoms with Crippen molar-refractivity contribution in [2.75, 3.05) is 23.3 Å². The number of halogens is 7. The first-order valence-electron chi connectivity index (χ1n) is 13.5. The van der Waals surface area contributed by atoms with Crippen molar-refractivity contribution in [1.82, 2.24) is 30.2 Å². The molecule has 1 atom stereocenters. The number of piperidine rings is 1. The highest BCUT2D eigenvalue weighted by molar-refractivity contribution is 6.36. The molecule has 0 bridgehead atoms. The predicted octanol–water partition coefficient (Wildman–Crippen LogP) is 5.10. The molecule has 254 valence electrons. The van der Waals surface area contributed by atoms with Crippen LogP contribution in [-0.2, 0) is 14.4 Å². The summed E-state index contributed by atoms with van der Waals surface area (Å²) in [6.07, 6.45) is -3.51. The van der Waals surface area contributed by atoms with E-state index in [0.717, 1.165) is 53.6 Å². The molecule has 1 aliphatic rings. The molecule has 5 N–H and O–H groups in total. The molecule has 5 rings (SSSR count). The Balaban J connectivity index is 0.000000360. The first kappa shape index (κ1) is 36.5. The summed E-state index contributed by atoms with van der Waals surface area (Å²) in [5.41, 5.74) is 4.34. The van der Waals surface area contributed by atoms with Crippen LogP contribution in [0.25, 0.3) is 22.1 Å². The van der Waals surface area contributed by atoms with E-state index < -0.39 is 24.3 Å². The summed E-state index contributed by atoms with van der Waals surface area (Å²) in [6, 6.07) is 6.00. The zero-order valence-electron chi connectivity index (χ0n) is 24.4. The molecule has 13 nitrogen and oxygen atoms in total. The number of alkyl halides is 6. The van der Waals surface area contributed by atoms with Gasteiger partial charge in [0.1, 0.15) is 11.8 Å². The highest BCUT2D eigenvalue weighted by Gasteiger charge is 2.39. The Morgan fingerprint density at radius 1 is 1.02 bits per heavy atom. The number of carbonyl (C=O) groups is 3. The lowest BCUT2D eigenvalue weighted by molar-refractivity contribution is -0.193. The van der Waals surface area contributed by atoms with Crippen molar-refractivity contribution in [3.05, 3.63) is 47.6 Å². The Hall–Kier alpha value is -4.94. The van der Waals surface area contributed by atoms with E-state index in [2.05, 4.69) is 42.4 Å². The Morgan fingerprint density at radius 2 is 1.62 bits per heavy atom. The molecule has 1 saturated heterocycles. The van der Waals surface area contributed by atoms with Crippen LogP contribution in [0.2, 0.25) is 5.02 Å². The van der Waals surface area contributed by atoms with Gasteiger partial charge >= 0.3 is 24.3 Å². The van der Waals surface area contributed by atoms with E-state index in [1.54, 1.807) is 19.4 Å².